The molecule has 2 atom stereocenters. The van der Waals surface area contributed by atoms with Crippen molar-refractivity contribution >= 4 is 5.91 Å². The lowest BCUT2D eigenvalue weighted by atomic mass is 9.82. The molecule has 1 aromatic heterocycles. The summed E-state index contributed by atoms with van der Waals surface area (Å²) in [5.74, 6) is 0.587. The Kier molecular flexibility index (Phi) is 6.35. The molecule has 2 aromatic rings. The molecule has 2 N–H and O–H groups in total. The molecule has 3 rings (SSSR count). The highest BCUT2D eigenvalue weighted by Crippen LogP contribution is 2.56. The highest BCUT2D eigenvalue weighted by atomic mass is 16.3. The monoisotopic (exact) mass is 381 g/mol. The van der Waals surface area contributed by atoms with Crippen molar-refractivity contribution in [1.82, 2.24) is 15.2 Å². The Hall–Kier alpha value is -2.40. The fourth-order valence-electron chi connectivity index (χ4n) is 3.72. The van der Waals surface area contributed by atoms with E-state index in [-0.39, 0.29) is 29.0 Å². The Labute approximate surface area is 167 Å². The number of hydrogen-bond donors (Lipinski definition) is 2. The molecule has 1 fully saturated rings. The molecule has 1 heterocycles. The van der Waals surface area contributed by atoms with E-state index >= 15 is 0 Å². The van der Waals surface area contributed by atoms with Gasteiger partial charge in [-0.1, -0.05) is 25.1 Å². The number of nitrogens with one attached hydrogen (secondary N) is 1. The quantitative estimate of drug-likeness (QED) is 0.699. The average Bonchev–Trinajstić information content (AvgIpc) is 3.43. The molecule has 0 radical (unpaired) electrons. The minimum absolute atomic E-state index is 0.0968. The molecule has 5 nitrogen and oxygen atoms in total. The van der Waals surface area contributed by atoms with Gasteiger partial charge in [0, 0.05) is 31.4 Å². The normalized spacial score (nSPS) is 17.1. The van der Waals surface area contributed by atoms with Crippen LogP contribution in [0.5, 0.6) is 5.75 Å². The lowest BCUT2D eigenvalue weighted by molar-refractivity contribution is -0.122. The molecule has 0 bridgehead atoms. The number of hydrogen-bond acceptors (Lipinski definition) is 4. The van der Waals surface area contributed by atoms with E-state index in [4.69, 9.17) is 0 Å². The van der Waals surface area contributed by atoms with E-state index in [9.17, 15) is 9.90 Å². The van der Waals surface area contributed by atoms with Gasteiger partial charge in [0.15, 0.2) is 0 Å². The first-order valence-corrected chi connectivity index (χ1v) is 9.98. The van der Waals surface area contributed by atoms with Gasteiger partial charge in [-0.3, -0.25) is 9.78 Å². The summed E-state index contributed by atoms with van der Waals surface area (Å²) in [5, 5.41) is 12.6. The van der Waals surface area contributed by atoms with Gasteiger partial charge in [0.2, 0.25) is 5.91 Å². The minimum atomic E-state index is 0.0968. The van der Waals surface area contributed by atoms with Crippen molar-refractivity contribution in [2.45, 2.75) is 44.6 Å². The predicted molar refractivity (Wildman–Crippen MR) is 111 cm³/mol. The molecular formula is C23H31N3O2. The Morgan fingerprint density at radius 3 is 2.54 bits per heavy atom. The van der Waals surface area contributed by atoms with Gasteiger partial charge in [-0.25, -0.2) is 0 Å². The zero-order valence-corrected chi connectivity index (χ0v) is 17.1. The second-order valence-electron chi connectivity index (χ2n) is 8.49. The van der Waals surface area contributed by atoms with Gasteiger partial charge >= 0.3 is 0 Å². The highest BCUT2D eigenvalue weighted by molar-refractivity contribution is 5.77. The summed E-state index contributed by atoms with van der Waals surface area (Å²) in [6.07, 6.45) is 7.33. The smallest absolute Gasteiger partial charge is 0.220 e. The molecule has 150 valence electrons. The van der Waals surface area contributed by atoms with E-state index in [1.165, 1.54) is 12.8 Å². The number of nitrogens with zero attached hydrogens (tertiary/aromatic N) is 2. The topological polar surface area (TPSA) is 65.5 Å². The van der Waals surface area contributed by atoms with E-state index in [0.29, 0.717) is 13.0 Å². The number of aromatic hydroxyl groups is 1. The van der Waals surface area contributed by atoms with E-state index in [1.54, 1.807) is 18.3 Å². The number of phenols is 1. The fraction of sp³-hybridized carbons (Fsp3) is 0.478. The first-order chi connectivity index (χ1) is 13.4. The van der Waals surface area contributed by atoms with Crippen LogP contribution < -0.4 is 5.32 Å². The van der Waals surface area contributed by atoms with Crippen molar-refractivity contribution in [2.75, 3.05) is 20.6 Å². The number of carbonyl (C=O) groups excluding carboxylic acids is 1. The van der Waals surface area contributed by atoms with Crippen LogP contribution >= 0.6 is 0 Å². The molecule has 0 unspecified atom stereocenters. The number of benzene rings is 1. The summed E-state index contributed by atoms with van der Waals surface area (Å²) < 4.78 is 0. The van der Waals surface area contributed by atoms with Gasteiger partial charge in [0.1, 0.15) is 5.75 Å². The molecule has 0 spiro atoms. The maximum atomic E-state index is 12.7. The van der Waals surface area contributed by atoms with E-state index in [2.05, 4.69) is 28.2 Å². The Morgan fingerprint density at radius 2 is 1.96 bits per heavy atom. The van der Waals surface area contributed by atoms with Gasteiger partial charge in [0.05, 0.1) is 0 Å². The largest absolute Gasteiger partial charge is 0.508 e. The molecule has 28 heavy (non-hydrogen) atoms. The molecule has 0 aliphatic heterocycles. The molecule has 1 saturated carbocycles. The third-order valence-corrected chi connectivity index (χ3v) is 6.03. The number of aromatic nitrogens is 1. The van der Waals surface area contributed by atoms with Crippen molar-refractivity contribution in [1.29, 1.82) is 0 Å². The lowest BCUT2D eigenvalue weighted by Crippen LogP contribution is -2.42. The van der Waals surface area contributed by atoms with Gasteiger partial charge in [0.25, 0.3) is 0 Å². The number of pyridine rings is 1. The summed E-state index contributed by atoms with van der Waals surface area (Å²) in [7, 11) is 4.06. The standard InChI is InChI=1S/C23H31N3O2/c1-23(10-11-23)21(18-5-4-12-24-15-18)14-22(28)25-16-19(26(2)3)13-17-6-8-20(27)9-7-17/h4-9,12,15,19,21,27H,10-11,13-14,16H2,1-3H3,(H,25,28)/t19-,21-/m0/s1. The van der Waals surface area contributed by atoms with E-state index in [1.807, 2.05) is 38.5 Å². The number of carbonyl (C=O) groups is 1. The van der Waals surface area contributed by atoms with Crippen molar-refractivity contribution in [3.8, 4) is 5.75 Å². The molecule has 1 amide bonds. The molecule has 1 aromatic carbocycles. The zero-order valence-electron chi connectivity index (χ0n) is 17.1. The van der Waals surface area contributed by atoms with Crippen LogP contribution in [-0.4, -0.2) is 47.6 Å². The Morgan fingerprint density at radius 1 is 1.25 bits per heavy atom. The van der Waals surface area contributed by atoms with Crippen LogP contribution in [0.15, 0.2) is 48.8 Å². The molecular weight excluding hydrogens is 350 g/mol. The summed E-state index contributed by atoms with van der Waals surface area (Å²) in [6, 6.07) is 11.5. The van der Waals surface area contributed by atoms with Gasteiger partial charge in [-0.05, 0) is 74.0 Å². The number of likely N-dealkylation sites (N-methyl/N-ethyl adjacent to an activating group) is 1. The molecule has 5 heteroatoms. The minimum Gasteiger partial charge on any atom is -0.508 e. The van der Waals surface area contributed by atoms with Crippen molar-refractivity contribution in [3.63, 3.8) is 0 Å². The molecule has 1 aliphatic carbocycles. The van der Waals surface area contributed by atoms with Crippen LogP contribution in [0.3, 0.4) is 0 Å². The van der Waals surface area contributed by atoms with Crippen LogP contribution in [0.25, 0.3) is 0 Å². The van der Waals surface area contributed by atoms with Crippen molar-refractivity contribution < 1.29 is 9.90 Å². The van der Waals surface area contributed by atoms with Gasteiger partial charge in [-0.2, -0.15) is 0 Å². The van der Waals surface area contributed by atoms with Crippen LogP contribution in [-0.2, 0) is 11.2 Å². The summed E-state index contributed by atoms with van der Waals surface area (Å²) in [6.45, 7) is 2.87. The predicted octanol–water partition coefficient (Wildman–Crippen LogP) is 3.35. The fourth-order valence-corrected chi connectivity index (χ4v) is 3.72. The first kappa shape index (κ1) is 20.3. The zero-order chi connectivity index (χ0) is 20.1. The van der Waals surface area contributed by atoms with Crippen molar-refractivity contribution in [3.05, 3.63) is 59.9 Å². The van der Waals surface area contributed by atoms with E-state index in [0.717, 1.165) is 17.5 Å². The Balaban J connectivity index is 1.58. The number of amides is 1. The second kappa shape index (κ2) is 8.74. The second-order valence-corrected chi connectivity index (χ2v) is 8.49. The summed E-state index contributed by atoms with van der Waals surface area (Å²) in [4.78, 5) is 19.1. The number of rotatable bonds is 9. The first-order valence-electron chi connectivity index (χ1n) is 9.98. The van der Waals surface area contributed by atoms with Crippen LogP contribution in [0.2, 0.25) is 0 Å². The summed E-state index contributed by atoms with van der Waals surface area (Å²) >= 11 is 0. The third kappa shape index (κ3) is 5.32. The van der Waals surface area contributed by atoms with Gasteiger partial charge in [-0.15, -0.1) is 0 Å². The number of phenolic OH excluding ortho intramolecular Hbond substituents is 1. The van der Waals surface area contributed by atoms with Crippen LogP contribution in [0.1, 0.15) is 43.2 Å². The average molecular weight is 382 g/mol. The van der Waals surface area contributed by atoms with E-state index < -0.39 is 0 Å². The summed E-state index contributed by atoms with van der Waals surface area (Å²) in [5.41, 5.74) is 2.52. The highest BCUT2D eigenvalue weighted by Gasteiger charge is 2.46. The van der Waals surface area contributed by atoms with Gasteiger partial charge < -0.3 is 15.3 Å². The SMILES string of the molecule is CN(C)[C@H](CNC(=O)C[C@@H](c1cccnc1)C1(C)CC1)Cc1ccc(O)cc1. The maximum Gasteiger partial charge on any atom is 0.220 e. The third-order valence-electron chi connectivity index (χ3n) is 6.03. The Bertz CT molecular complexity index is 770. The molecule has 1 aliphatic rings. The lowest BCUT2D eigenvalue weighted by Gasteiger charge is -2.27. The van der Waals surface area contributed by atoms with Crippen molar-refractivity contribution in [2.24, 2.45) is 5.41 Å². The maximum absolute atomic E-state index is 12.7. The van der Waals surface area contributed by atoms with Crippen LogP contribution in [0, 0.1) is 5.41 Å². The molecule has 0 saturated heterocycles. The van der Waals surface area contributed by atoms with Crippen LogP contribution in [0.4, 0.5) is 0 Å².